The molecule has 3 aromatic carbocycles. The van der Waals surface area contributed by atoms with Crippen LogP contribution in [0.3, 0.4) is 0 Å². The normalized spacial score (nSPS) is 16.6. The first-order valence-corrected chi connectivity index (χ1v) is 9.56. The molecule has 2 aliphatic heterocycles. The average molecular weight is 401 g/mol. The fraction of sp³-hybridized carbons (Fsp3) is 0.130. The predicted octanol–water partition coefficient (Wildman–Crippen LogP) is 4.14. The van der Waals surface area contributed by atoms with Gasteiger partial charge in [0.25, 0.3) is 5.91 Å². The maximum Gasteiger partial charge on any atom is 0.262 e. The van der Waals surface area contributed by atoms with E-state index in [0.717, 1.165) is 11.3 Å². The molecule has 0 radical (unpaired) electrons. The molecule has 5 rings (SSSR count). The average Bonchev–Trinajstić information content (AvgIpc) is 3.22. The zero-order chi connectivity index (χ0) is 20.7. The van der Waals surface area contributed by atoms with Crippen LogP contribution in [0.15, 0.2) is 66.7 Å². The number of nitrogens with one attached hydrogen (secondary N) is 2. The number of amides is 2. The van der Waals surface area contributed by atoms with E-state index in [0.29, 0.717) is 28.4 Å². The van der Waals surface area contributed by atoms with Gasteiger partial charge in [-0.2, -0.15) is 0 Å². The van der Waals surface area contributed by atoms with E-state index in [1.54, 1.807) is 11.0 Å². The Hall–Kier alpha value is -4.00. The number of carbonyl (C=O) groups is 2. The summed E-state index contributed by atoms with van der Waals surface area (Å²) in [6.45, 7) is 1.63. The van der Waals surface area contributed by atoms with Crippen molar-refractivity contribution in [1.82, 2.24) is 0 Å². The highest BCUT2D eigenvalue weighted by molar-refractivity contribution is 6.12. The van der Waals surface area contributed by atoms with Gasteiger partial charge < -0.3 is 20.1 Å². The molecule has 3 aromatic rings. The summed E-state index contributed by atoms with van der Waals surface area (Å²) in [6.07, 6.45) is -0.431. The van der Waals surface area contributed by atoms with Crippen molar-refractivity contribution in [3.05, 3.63) is 77.9 Å². The van der Waals surface area contributed by atoms with Crippen LogP contribution < -0.4 is 25.0 Å². The Morgan fingerprint density at radius 1 is 1.03 bits per heavy atom. The Morgan fingerprint density at radius 3 is 2.60 bits per heavy atom. The van der Waals surface area contributed by atoms with Crippen LogP contribution >= 0.6 is 0 Å². The number of fused-ring (bicyclic) bond motifs is 2. The van der Waals surface area contributed by atoms with E-state index >= 15 is 0 Å². The molecule has 2 aliphatic rings. The summed E-state index contributed by atoms with van der Waals surface area (Å²) in [4.78, 5) is 26.5. The first-order chi connectivity index (χ1) is 14.6. The van der Waals surface area contributed by atoms with E-state index < -0.39 is 6.17 Å². The number of para-hydroxylation sites is 1. The van der Waals surface area contributed by atoms with Crippen LogP contribution in [-0.4, -0.2) is 18.6 Å². The molecule has 150 valence electrons. The maximum absolute atomic E-state index is 13.5. The minimum atomic E-state index is -0.431. The van der Waals surface area contributed by atoms with Gasteiger partial charge in [0.1, 0.15) is 6.17 Å². The largest absolute Gasteiger partial charge is 0.454 e. The fourth-order valence-corrected chi connectivity index (χ4v) is 3.74. The van der Waals surface area contributed by atoms with E-state index in [2.05, 4.69) is 10.6 Å². The van der Waals surface area contributed by atoms with Crippen LogP contribution in [-0.2, 0) is 4.79 Å². The summed E-state index contributed by atoms with van der Waals surface area (Å²) in [5, 5.41) is 6.23. The molecule has 0 unspecified atom stereocenters. The summed E-state index contributed by atoms with van der Waals surface area (Å²) in [6, 6.07) is 20.3. The summed E-state index contributed by atoms with van der Waals surface area (Å²) in [5.74, 6) is 1.02. The van der Waals surface area contributed by atoms with Gasteiger partial charge in [-0.05, 0) is 42.0 Å². The predicted molar refractivity (Wildman–Crippen MR) is 113 cm³/mol. The molecule has 0 saturated heterocycles. The van der Waals surface area contributed by atoms with E-state index in [1.165, 1.54) is 6.92 Å². The van der Waals surface area contributed by atoms with Crippen molar-refractivity contribution < 1.29 is 19.1 Å². The molecule has 0 spiro atoms. The van der Waals surface area contributed by atoms with Crippen LogP contribution in [0.2, 0.25) is 0 Å². The molecule has 2 N–H and O–H groups in total. The van der Waals surface area contributed by atoms with Gasteiger partial charge >= 0.3 is 0 Å². The second kappa shape index (κ2) is 7.11. The van der Waals surface area contributed by atoms with E-state index in [1.807, 2.05) is 60.7 Å². The second-order valence-corrected chi connectivity index (χ2v) is 7.11. The zero-order valence-electron chi connectivity index (χ0n) is 16.2. The second-order valence-electron chi connectivity index (χ2n) is 7.11. The smallest absolute Gasteiger partial charge is 0.262 e. The van der Waals surface area contributed by atoms with Crippen LogP contribution in [0.5, 0.6) is 11.5 Å². The van der Waals surface area contributed by atoms with Crippen molar-refractivity contribution in [3.63, 3.8) is 0 Å². The number of benzene rings is 3. The summed E-state index contributed by atoms with van der Waals surface area (Å²) in [5.41, 5.74) is 3.65. The highest BCUT2D eigenvalue weighted by atomic mass is 16.7. The van der Waals surface area contributed by atoms with E-state index in [-0.39, 0.29) is 18.6 Å². The molecule has 0 aromatic heterocycles. The number of anilines is 3. The lowest BCUT2D eigenvalue weighted by Gasteiger charge is -2.38. The molecule has 2 amide bonds. The highest BCUT2D eigenvalue weighted by Gasteiger charge is 2.34. The first kappa shape index (κ1) is 18.1. The standard InChI is InChI=1S/C23H19N3O4/c1-14(27)24-16-8-6-15(7-9-16)22-25-19-5-3-2-4-18(19)23(28)26(22)17-10-11-20-21(12-17)30-13-29-20/h2-12,22,25H,13H2,1H3,(H,24,27)/t22-/m0/s1. The Labute approximate surface area is 173 Å². The molecule has 0 fully saturated rings. The van der Waals surface area contributed by atoms with Crippen LogP contribution in [0.4, 0.5) is 17.1 Å². The van der Waals surface area contributed by atoms with Crippen LogP contribution in [0, 0.1) is 0 Å². The van der Waals surface area contributed by atoms with Gasteiger partial charge in [0.05, 0.1) is 11.3 Å². The third-order valence-corrected chi connectivity index (χ3v) is 5.11. The molecule has 0 bridgehead atoms. The van der Waals surface area contributed by atoms with Gasteiger partial charge in [0.15, 0.2) is 11.5 Å². The van der Waals surface area contributed by atoms with Crippen molar-refractivity contribution >= 4 is 28.9 Å². The van der Waals surface area contributed by atoms with Gasteiger partial charge in [0.2, 0.25) is 12.7 Å². The van der Waals surface area contributed by atoms with E-state index in [9.17, 15) is 9.59 Å². The van der Waals surface area contributed by atoms with E-state index in [4.69, 9.17) is 9.47 Å². The number of hydrogen-bond donors (Lipinski definition) is 2. The number of ether oxygens (including phenoxy) is 2. The Morgan fingerprint density at radius 2 is 1.80 bits per heavy atom. The minimum Gasteiger partial charge on any atom is -0.454 e. The topological polar surface area (TPSA) is 79.9 Å². The lowest BCUT2D eigenvalue weighted by molar-refractivity contribution is -0.114. The number of rotatable bonds is 3. The zero-order valence-corrected chi connectivity index (χ0v) is 16.2. The number of nitrogens with zero attached hydrogens (tertiary/aromatic N) is 1. The molecule has 0 saturated carbocycles. The Bertz CT molecular complexity index is 1140. The fourth-order valence-electron chi connectivity index (χ4n) is 3.74. The molecule has 1 atom stereocenters. The van der Waals surface area contributed by atoms with Gasteiger partial charge in [-0.25, -0.2) is 0 Å². The molecule has 2 heterocycles. The molecule has 7 heteroatoms. The van der Waals surface area contributed by atoms with Gasteiger partial charge in [-0.15, -0.1) is 0 Å². The third-order valence-electron chi connectivity index (χ3n) is 5.11. The van der Waals surface area contributed by atoms with Crippen molar-refractivity contribution in [2.45, 2.75) is 13.1 Å². The van der Waals surface area contributed by atoms with Crippen LogP contribution in [0.25, 0.3) is 0 Å². The molecule has 7 nitrogen and oxygen atoms in total. The Balaban J connectivity index is 1.58. The lowest BCUT2D eigenvalue weighted by Crippen LogP contribution is -2.43. The quantitative estimate of drug-likeness (QED) is 0.689. The summed E-state index contributed by atoms with van der Waals surface area (Å²) in [7, 11) is 0. The van der Waals surface area contributed by atoms with Crippen molar-refractivity contribution in [3.8, 4) is 11.5 Å². The number of hydrogen-bond acceptors (Lipinski definition) is 5. The van der Waals surface area contributed by atoms with Gasteiger partial charge in [0, 0.05) is 24.4 Å². The van der Waals surface area contributed by atoms with Crippen molar-refractivity contribution in [2.24, 2.45) is 0 Å². The highest BCUT2D eigenvalue weighted by Crippen LogP contribution is 2.41. The Kier molecular flexibility index (Phi) is 4.28. The lowest BCUT2D eigenvalue weighted by atomic mass is 10.0. The van der Waals surface area contributed by atoms with Gasteiger partial charge in [-0.1, -0.05) is 24.3 Å². The first-order valence-electron chi connectivity index (χ1n) is 9.56. The minimum absolute atomic E-state index is 0.112. The van der Waals surface area contributed by atoms with Gasteiger partial charge in [-0.3, -0.25) is 14.5 Å². The summed E-state index contributed by atoms with van der Waals surface area (Å²) < 4.78 is 10.9. The van der Waals surface area contributed by atoms with Crippen molar-refractivity contribution in [1.29, 1.82) is 0 Å². The monoisotopic (exact) mass is 401 g/mol. The summed E-state index contributed by atoms with van der Waals surface area (Å²) >= 11 is 0. The molecule has 0 aliphatic carbocycles. The SMILES string of the molecule is CC(=O)Nc1ccc([C@H]2Nc3ccccc3C(=O)N2c2ccc3c(c2)OCO3)cc1. The molecular weight excluding hydrogens is 382 g/mol. The van der Waals surface area contributed by atoms with Crippen molar-refractivity contribution in [2.75, 3.05) is 22.3 Å². The van der Waals surface area contributed by atoms with Crippen LogP contribution in [0.1, 0.15) is 29.0 Å². The number of carbonyl (C=O) groups excluding carboxylic acids is 2. The maximum atomic E-state index is 13.5. The third kappa shape index (κ3) is 3.10. The molecule has 30 heavy (non-hydrogen) atoms. The molecular formula is C23H19N3O4.